The molecule has 0 aromatic heterocycles. The van der Waals surface area contributed by atoms with E-state index < -0.39 is 0 Å². The summed E-state index contributed by atoms with van der Waals surface area (Å²) in [5, 5.41) is 0. The third kappa shape index (κ3) is 3.25. The molecule has 0 bridgehead atoms. The second-order valence-electron chi connectivity index (χ2n) is 5.38. The first-order chi connectivity index (χ1) is 6.50. The van der Waals surface area contributed by atoms with Crippen LogP contribution in [0.3, 0.4) is 0 Å². The Balaban J connectivity index is 2.37. The highest BCUT2D eigenvalue weighted by molar-refractivity contribution is 4.80. The van der Waals surface area contributed by atoms with Crippen LogP contribution < -0.4 is 5.73 Å². The van der Waals surface area contributed by atoms with Gasteiger partial charge < -0.3 is 5.73 Å². The van der Waals surface area contributed by atoms with E-state index in [1.807, 2.05) is 0 Å². The minimum absolute atomic E-state index is 0.339. The van der Waals surface area contributed by atoms with Crippen LogP contribution in [0.4, 0.5) is 0 Å². The number of rotatable bonds is 3. The van der Waals surface area contributed by atoms with Crippen LogP contribution in [0.25, 0.3) is 0 Å². The molecule has 0 amide bonds. The zero-order valence-electron chi connectivity index (χ0n) is 10.2. The van der Waals surface area contributed by atoms with Crippen molar-refractivity contribution in [2.75, 3.05) is 13.1 Å². The van der Waals surface area contributed by atoms with Crippen LogP contribution in [0.5, 0.6) is 0 Å². The van der Waals surface area contributed by atoms with E-state index >= 15 is 0 Å². The van der Waals surface area contributed by atoms with E-state index in [1.54, 1.807) is 0 Å². The molecule has 0 saturated carbocycles. The van der Waals surface area contributed by atoms with Crippen LogP contribution >= 0.6 is 0 Å². The number of likely N-dealkylation sites (tertiary alicyclic amines) is 1. The maximum atomic E-state index is 6.10. The molecule has 1 heterocycles. The van der Waals surface area contributed by atoms with E-state index in [9.17, 15) is 0 Å². The molecule has 2 nitrogen and oxygen atoms in total. The summed E-state index contributed by atoms with van der Waals surface area (Å²) < 4.78 is 0. The number of piperidine rings is 1. The normalized spacial score (nSPS) is 32.1. The summed E-state index contributed by atoms with van der Waals surface area (Å²) in [4.78, 5) is 2.56. The van der Waals surface area contributed by atoms with Crippen molar-refractivity contribution >= 4 is 0 Å². The molecule has 2 N–H and O–H groups in total. The first-order valence-electron chi connectivity index (χ1n) is 6.00. The van der Waals surface area contributed by atoms with Crippen molar-refractivity contribution in [2.45, 2.75) is 52.6 Å². The second-order valence-corrected chi connectivity index (χ2v) is 5.38. The van der Waals surface area contributed by atoms with Gasteiger partial charge in [0.1, 0.15) is 0 Å². The van der Waals surface area contributed by atoms with Gasteiger partial charge in [-0.3, -0.25) is 4.90 Å². The van der Waals surface area contributed by atoms with Gasteiger partial charge in [-0.2, -0.15) is 0 Å². The number of hydrogen-bond donors (Lipinski definition) is 1. The molecule has 0 aromatic carbocycles. The van der Waals surface area contributed by atoms with E-state index in [0.717, 1.165) is 18.5 Å². The molecule has 0 radical (unpaired) electrons. The lowest BCUT2D eigenvalue weighted by atomic mass is 9.92. The van der Waals surface area contributed by atoms with E-state index in [2.05, 4.69) is 32.6 Å². The fourth-order valence-electron chi connectivity index (χ4n) is 2.21. The van der Waals surface area contributed by atoms with Gasteiger partial charge >= 0.3 is 0 Å². The quantitative estimate of drug-likeness (QED) is 0.752. The van der Waals surface area contributed by atoms with Gasteiger partial charge in [-0.15, -0.1) is 0 Å². The Morgan fingerprint density at radius 3 is 2.50 bits per heavy atom. The molecule has 1 aliphatic heterocycles. The minimum atomic E-state index is 0.339. The van der Waals surface area contributed by atoms with Gasteiger partial charge in [0.15, 0.2) is 0 Å². The van der Waals surface area contributed by atoms with Crippen molar-refractivity contribution < 1.29 is 0 Å². The predicted molar refractivity (Wildman–Crippen MR) is 62.2 cm³/mol. The smallest absolute Gasteiger partial charge is 0.0191 e. The molecule has 1 saturated heterocycles. The average Bonchev–Trinajstić information content (AvgIpc) is 2.09. The summed E-state index contributed by atoms with van der Waals surface area (Å²) in [6.07, 6.45) is 2.68. The molecule has 0 aliphatic carbocycles. The minimum Gasteiger partial charge on any atom is -0.326 e. The van der Waals surface area contributed by atoms with Crippen molar-refractivity contribution in [2.24, 2.45) is 17.6 Å². The lowest BCUT2D eigenvalue weighted by Gasteiger charge is -2.38. The Hall–Kier alpha value is -0.0800. The summed E-state index contributed by atoms with van der Waals surface area (Å²) in [5.41, 5.74) is 6.10. The Bertz CT molecular complexity index is 168. The van der Waals surface area contributed by atoms with E-state index in [-0.39, 0.29) is 0 Å². The summed E-state index contributed by atoms with van der Waals surface area (Å²) in [6, 6.07) is 1.06. The van der Waals surface area contributed by atoms with Crippen molar-refractivity contribution in [3.8, 4) is 0 Å². The standard InChI is InChI=1S/C12H26N2/c1-9(2)12(13)8-14-6-5-10(3)7-11(14)4/h9-12H,5-8,13H2,1-4H3/t10?,11?,12-/m1/s1. The molecule has 0 aromatic rings. The molecule has 1 fully saturated rings. The topological polar surface area (TPSA) is 29.3 Å². The molecule has 14 heavy (non-hydrogen) atoms. The summed E-state index contributed by atoms with van der Waals surface area (Å²) in [7, 11) is 0. The van der Waals surface area contributed by atoms with E-state index in [0.29, 0.717) is 12.0 Å². The summed E-state index contributed by atoms with van der Waals surface area (Å²) in [5.74, 6) is 1.50. The molecular formula is C12H26N2. The lowest BCUT2D eigenvalue weighted by Crippen LogP contribution is -2.47. The highest BCUT2D eigenvalue weighted by atomic mass is 15.2. The first-order valence-corrected chi connectivity index (χ1v) is 6.00. The van der Waals surface area contributed by atoms with Gasteiger partial charge in [-0.1, -0.05) is 20.8 Å². The average molecular weight is 198 g/mol. The first kappa shape index (κ1) is 12.0. The summed E-state index contributed by atoms with van der Waals surface area (Å²) >= 11 is 0. The summed E-state index contributed by atoms with van der Waals surface area (Å²) in [6.45, 7) is 11.4. The van der Waals surface area contributed by atoms with Gasteiger partial charge in [-0.25, -0.2) is 0 Å². The van der Waals surface area contributed by atoms with Gasteiger partial charge in [0.25, 0.3) is 0 Å². The van der Waals surface area contributed by atoms with E-state index in [1.165, 1.54) is 19.4 Å². The largest absolute Gasteiger partial charge is 0.326 e. The zero-order valence-corrected chi connectivity index (χ0v) is 10.2. The lowest BCUT2D eigenvalue weighted by molar-refractivity contribution is 0.115. The maximum Gasteiger partial charge on any atom is 0.0191 e. The van der Waals surface area contributed by atoms with E-state index in [4.69, 9.17) is 5.73 Å². The monoisotopic (exact) mass is 198 g/mol. The van der Waals surface area contributed by atoms with Crippen molar-refractivity contribution in [1.29, 1.82) is 0 Å². The highest BCUT2D eigenvalue weighted by Gasteiger charge is 2.24. The van der Waals surface area contributed by atoms with Gasteiger partial charge in [0.05, 0.1) is 0 Å². The second kappa shape index (κ2) is 5.13. The molecule has 2 unspecified atom stereocenters. The Labute approximate surface area is 88.8 Å². The van der Waals surface area contributed by atoms with Gasteiger partial charge in [-0.05, 0) is 38.1 Å². The van der Waals surface area contributed by atoms with Crippen LogP contribution in [-0.4, -0.2) is 30.1 Å². The highest BCUT2D eigenvalue weighted by Crippen LogP contribution is 2.22. The van der Waals surface area contributed by atoms with Crippen LogP contribution in [0.15, 0.2) is 0 Å². The molecule has 1 rings (SSSR count). The van der Waals surface area contributed by atoms with Gasteiger partial charge in [0, 0.05) is 18.6 Å². The molecule has 0 spiro atoms. The fraction of sp³-hybridized carbons (Fsp3) is 1.00. The van der Waals surface area contributed by atoms with Crippen molar-refractivity contribution in [1.82, 2.24) is 4.90 Å². The van der Waals surface area contributed by atoms with Crippen molar-refractivity contribution in [3.63, 3.8) is 0 Å². The molecule has 3 atom stereocenters. The van der Waals surface area contributed by atoms with Crippen LogP contribution in [0.1, 0.15) is 40.5 Å². The third-order valence-corrected chi connectivity index (χ3v) is 3.58. The Morgan fingerprint density at radius 2 is 2.00 bits per heavy atom. The molecule has 1 aliphatic rings. The molecular weight excluding hydrogens is 172 g/mol. The van der Waals surface area contributed by atoms with Crippen LogP contribution in [0.2, 0.25) is 0 Å². The SMILES string of the molecule is CC1CCN(C[C@@H](N)C(C)C)C(C)C1. The number of hydrogen-bond acceptors (Lipinski definition) is 2. The number of nitrogens with zero attached hydrogens (tertiary/aromatic N) is 1. The van der Waals surface area contributed by atoms with Gasteiger partial charge in [0.2, 0.25) is 0 Å². The third-order valence-electron chi connectivity index (χ3n) is 3.58. The Kier molecular flexibility index (Phi) is 4.39. The molecule has 84 valence electrons. The molecule has 2 heteroatoms. The maximum absolute atomic E-state index is 6.10. The fourth-order valence-corrected chi connectivity index (χ4v) is 2.21. The number of nitrogens with two attached hydrogens (primary N) is 1. The predicted octanol–water partition coefficient (Wildman–Crippen LogP) is 2.09. The Morgan fingerprint density at radius 1 is 1.36 bits per heavy atom. The zero-order chi connectivity index (χ0) is 10.7. The van der Waals surface area contributed by atoms with Crippen molar-refractivity contribution in [3.05, 3.63) is 0 Å². The van der Waals surface area contributed by atoms with Crippen LogP contribution in [-0.2, 0) is 0 Å². The van der Waals surface area contributed by atoms with Crippen LogP contribution in [0, 0.1) is 11.8 Å².